The van der Waals surface area contributed by atoms with Crippen LogP contribution < -0.4 is 5.32 Å². The third-order valence-electron chi connectivity index (χ3n) is 7.34. The molecule has 0 aromatic rings. The number of carbonyl (C=O) groups is 1. The number of amides is 2. The van der Waals surface area contributed by atoms with Crippen molar-refractivity contribution >= 4 is 6.03 Å². The van der Waals surface area contributed by atoms with Crippen molar-refractivity contribution in [3.63, 3.8) is 0 Å². The number of piperidine rings is 1. The molecule has 5 atom stereocenters. The molecule has 0 radical (unpaired) electrons. The van der Waals surface area contributed by atoms with Gasteiger partial charge >= 0.3 is 6.03 Å². The standard InChI is InChI=1S/C18H28N2O3/c1-18(22-7-8-23-18)13-3-2-6-20(10-13)17(21)19-16-14-11-4-5-12(9-11)15(14)16/h11-16H,2-10H2,1H3,(H,19,21). The molecule has 2 saturated heterocycles. The number of carbonyl (C=O) groups excluding carboxylic acids is 1. The summed E-state index contributed by atoms with van der Waals surface area (Å²) in [6.07, 6.45) is 6.36. The average molecular weight is 320 g/mol. The van der Waals surface area contributed by atoms with Crippen molar-refractivity contribution in [2.75, 3.05) is 26.3 Å². The first kappa shape index (κ1) is 14.5. The van der Waals surface area contributed by atoms with Gasteiger partial charge in [0.15, 0.2) is 5.79 Å². The molecule has 5 aliphatic rings. The molecule has 23 heavy (non-hydrogen) atoms. The van der Waals surface area contributed by atoms with Crippen molar-refractivity contribution in [1.82, 2.24) is 10.2 Å². The molecule has 2 heterocycles. The van der Waals surface area contributed by atoms with E-state index in [0.717, 1.165) is 49.6 Å². The molecule has 0 aromatic carbocycles. The predicted octanol–water partition coefficient (Wildman–Crippen LogP) is 2.22. The zero-order valence-corrected chi connectivity index (χ0v) is 14.0. The van der Waals surface area contributed by atoms with Gasteiger partial charge < -0.3 is 19.7 Å². The van der Waals surface area contributed by atoms with Gasteiger partial charge in [0.05, 0.1) is 13.2 Å². The smallest absolute Gasteiger partial charge is 0.317 e. The molecule has 0 spiro atoms. The Morgan fingerprint density at radius 1 is 1.13 bits per heavy atom. The van der Waals surface area contributed by atoms with Gasteiger partial charge in [-0.1, -0.05) is 0 Å². The largest absolute Gasteiger partial charge is 0.347 e. The van der Waals surface area contributed by atoms with Crippen LogP contribution in [0.4, 0.5) is 4.79 Å². The molecule has 5 rings (SSSR count). The van der Waals surface area contributed by atoms with E-state index < -0.39 is 5.79 Å². The number of urea groups is 1. The summed E-state index contributed by atoms with van der Waals surface area (Å²) in [5.74, 6) is 3.22. The van der Waals surface area contributed by atoms with E-state index >= 15 is 0 Å². The summed E-state index contributed by atoms with van der Waals surface area (Å²) >= 11 is 0. The fraction of sp³-hybridized carbons (Fsp3) is 0.944. The number of nitrogens with one attached hydrogen (secondary N) is 1. The van der Waals surface area contributed by atoms with E-state index in [1.54, 1.807) is 0 Å². The van der Waals surface area contributed by atoms with Crippen LogP contribution in [0.15, 0.2) is 0 Å². The molecule has 128 valence electrons. The van der Waals surface area contributed by atoms with Crippen molar-refractivity contribution in [3.8, 4) is 0 Å². The van der Waals surface area contributed by atoms with Crippen LogP contribution >= 0.6 is 0 Å². The van der Waals surface area contributed by atoms with Gasteiger partial charge in [0.1, 0.15) is 0 Å². The number of rotatable bonds is 2. The zero-order chi connectivity index (χ0) is 15.6. The monoisotopic (exact) mass is 320 g/mol. The molecule has 5 heteroatoms. The molecular weight excluding hydrogens is 292 g/mol. The first-order chi connectivity index (χ1) is 11.2. The highest BCUT2D eigenvalue weighted by atomic mass is 16.7. The molecule has 2 bridgehead atoms. The number of hydrogen-bond donors (Lipinski definition) is 1. The SMILES string of the molecule is CC1(C2CCCN(C(=O)NC3C4C5CCC(C5)C34)C2)OCCO1. The van der Waals surface area contributed by atoms with Gasteiger partial charge in [0, 0.05) is 25.0 Å². The van der Waals surface area contributed by atoms with Crippen LogP contribution in [-0.4, -0.2) is 49.1 Å². The zero-order valence-electron chi connectivity index (χ0n) is 14.0. The number of fused-ring (bicyclic) bond motifs is 5. The fourth-order valence-corrected chi connectivity index (χ4v) is 6.11. The van der Waals surface area contributed by atoms with Crippen LogP contribution in [0.2, 0.25) is 0 Å². The Morgan fingerprint density at radius 2 is 1.83 bits per heavy atom. The summed E-state index contributed by atoms with van der Waals surface area (Å²) in [6, 6.07) is 0.624. The van der Waals surface area contributed by atoms with Crippen LogP contribution in [-0.2, 0) is 9.47 Å². The van der Waals surface area contributed by atoms with Crippen LogP contribution in [0.3, 0.4) is 0 Å². The van der Waals surface area contributed by atoms with Gasteiger partial charge in [-0.15, -0.1) is 0 Å². The quantitative estimate of drug-likeness (QED) is 0.849. The molecule has 5 nitrogen and oxygen atoms in total. The number of hydrogen-bond acceptors (Lipinski definition) is 3. The molecule has 5 fully saturated rings. The summed E-state index contributed by atoms with van der Waals surface area (Å²) in [4.78, 5) is 14.7. The molecule has 5 unspecified atom stereocenters. The van der Waals surface area contributed by atoms with Crippen molar-refractivity contribution in [2.45, 2.75) is 50.9 Å². The number of nitrogens with zero attached hydrogens (tertiary/aromatic N) is 1. The van der Waals surface area contributed by atoms with E-state index in [1.807, 2.05) is 11.8 Å². The molecule has 1 N–H and O–H groups in total. The number of likely N-dealkylation sites (tertiary alicyclic amines) is 1. The molecule has 3 saturated carbocycles. The lowest BCUT2D eigenvalue weighted by Gasteiger charge is -2.39. The van der Waals surface area contributed by atoms with E-state index in [2.05, 4.69) is 5.32 Å². The highest BCUT2D eigenvalue weighted by Crippen LogP contribution is 2.65. The van der Waals surface area contributed by atoms with Crippen molar-refractivity contribution in [3.05, 3.63) is 0 Å². The molecule has 3 aliphatic carbocycles. The molecule has 2 aliphatic heterocycles. The van der Waals surface area contributed by atoms with Gasteiger partial charge in [-0.25, -0.2) is 4.79 Å². The third kappa shape index (κ3) is 2.23. The first-order valence-electron chi connectivity index (χ1n) is 9.49. The summed E-state index contributed by atoms with van der Waals surface area (Å²) in [5, 5.41) is 3.36. The van der Waals surface area contributed by atoms with E-state index in [9.17, 15) is 4.79 Å². The van der Waals surface area contributed by atoms with Gasteiger partial charge in [0.25, 0.3) is 0 Å². The van der Waals surface area contributed by atoms with E-state index in [0.29, 0.717) is 25.2 Å². The minimum atomic E-state index is -0.492. The second kappa shape index (κ2) is 5.09. The highest BCUT2D eigenvalue weighted by molar-refractivity contribution is 5.75. The van der Waals surface area contributed by atoms with E-state index in [-0.39, 0.29) is 6.03 Å². The minimum absolute atomic E-state index is 0.148. The van der Waals surface area contributed by atoms with Crippen LogP contribution in [0.1, 0.15) is 39.0 Å². The lowest BCUT2D eigenvalue weighted by atomic mass is 9.90. The summed E-state index contributed by atoms with van der Waals surface area (Å²) in [6.45, 7) is 5.01. The molecule has 0 aromatic heterocycles. The maximum atomic E-state index is 12.7. The van der Waals surface area contributed by atoms with Gasteiger partial charge in [-0.3, -0.25) is 0 Å². The van der Waals surface area contributed by atoms with Crippen LogP contribution in [0, 0.1) is 29.6 Å². The Morgan fingerprint density at radius 3 is 2.52 bits per heavy atom. The maximum absolute atomic E-state index is 12.7. The Hall–Kier alpha value is -0.810. The lowest BCUT2D eigenvalue weighted by Crippen LogP contribution is -2.52. The van der Waals surface area contributed by atoms with Gasteiger partial charge in [-0.05, 0) is 62.7 Å². The topological polar surface area (TPSA) is 50.8 Å². The molecule has 2 amide bonds. The number of ether oxygens (including phenoxy) is 2. The summed E-state index contributed by atoms with van der Waals surface area (Å²) in [5.41, 5.74) is 0. The van der Waals surface area contributed by atoms with Crippen molar-refractivity contribution in [2.24, 2.45) is 29.6 Å². The first-order valence-corrected chi connectivity index (χ1v) is 9.49. The lowest BCUT2D eigenvalue weighted by molar-refractivity contribution is -0.189. The second-order valence-electron chi connectivity index (χ2n) is 8.46. The summed E-state index contributed by atoms with van der Waals surface area (Å²) in [7, 11) is 0. The van der Waals surface area contributed by atoms with Crippen LogP contribution in [0.5, 0.6) is 0 Å². The average Bonchev–Trinajstić information content (AvgIpc) is 2.96. The minimum Gasteiger partial charge on any atom is -0.347 e. The second-order valence-corrected chi connectivity index (χ2v) is 8.46. The highest BCUT2D eigenvalue weighted by Gasteiger charge is 2.65. The maximum Gasteiger partial charge on any atom is 0.317 e. The Labute approximate surface area is 138 Å². The fourth-order valence-electron chi connectivity index (χ4n) is 6.11. The Balaban J connectivity index is 1.19. The van der Waals surface area contributed by atoms with Crippen molar-refractivity contribution < 1.29 is 14.3 Å². The molecular formula is C18H28N2O3. The van der Waals surface area contributed by atoms with Gasteiger partial charge in [-0.2, -0.15) is 0 Å². The van der Waals surface area contributed by atoms with Gasteiger partial charge in [0.2, 0.25) is 0 Å². The third-order valence-corrected chi connectivity index (χ3v) is 7.34. The van der Waals surface area contributed by atoms with E-state index in [4.69, 9.17) is 9.47 Å². The summed E-state index contributed by atoms with van der Waals surface area (Å²) < 4.78 is 11.6. The van der Waals surface area contributed by atoms with E-state index in [1.165, 1.54) is 19.3 Å². The Kier molecular flexibility index (Phi) is 3.22. The predicted molar refractivity (Wildman–Crippen MR) is 84.7 cm³/mol. The Bertz CT molecular complexity index is 488. The van der Waals surface area contributed by atoms with Crippen molar-refractivity contribution in [1.29, 1.82) is 0 Å². The van der Waals surface area contributed by atoms with Crippen LogP contribution in [0.25, 0.3) is 0 Å². The normalized spacial score (nSPS) is 46.7.